The molecule has 3 heteroatoms. The molecule has 2 rings (SSSR count). The molecular formula is C15H24N2O. The van der Waals surface area contributed by atoms with Crippen LogP contribution in [-0.2, 0) is 6.42 Å². The fourth-order valence-electron chi connectivity index (χ4n) is 2.60. The molecule has 3 nitrogen and oxygen atoms in total. The highest BCUT2D eigenvalue weighted by Crippen LogP contribution is 2.30. The van der Waals surface area contributed by atoms with Crippen LogP contribution in [-0.4, -0.2) is 38.2 Å². The van der Waals surface area contributed by atoms with Crippen LogP contribution in [0.2, 0.25) is 0 Å². The molecule has 0 saturated carbocycles. The van der Waals surface area contributed by atoms with E-state index >= 15 is 0 Å². The molecule has 1 atom stereocenters. The Morgan fingerprint density at radius 1 is 1.33 bits per heavy atom. The number of hydrogen-bond acceptors (Lipinski definition) is 3. The van der Waals surface area contributed by atoms with E-state index in [1.807, 2.05) is 0 Å². The Hall–Kier alpha value is -1.06. The zero-order chi connectivity index (χ0) is 13.0. The van der Waals surface area contributed by atoms with E-state index in [1.165, 1.54) is 11.1 Å². The summed E-state index contributed by atoms with van der Waals surface area (Å²) in [6, 6.07) is 6.99. The molecule has 1 fully saturated rings. The minimum Gasteiger partial charge on any atom is -0.496 e. The van der Waals surface area contributed by atoms with Gasteiger partial charge in [-0.15, -0.1) is 0 Å². The van der Waals surface area contributed by atoms with Gasteiger partial charge in [0.05, 0.1) is 7.11 Å². The largest absolute Gasteiger partial charge is 0.496 e. The topological polar surface area (TPSA) is 24.5 Å². The molecule has 1 saturated heterocycles. The van der Waals surface area contributed by atoms with E-state index in [0.717, 1.165) is 38.3 Å². The van der Waals surface area contributed by atoms with Crippen molar-refractivity contribution in [2.75, 3.05) is 33.3 Å². The number of nitrogens with zero attached hydrogens (tertiary/aromatic N) is 1. The van der Waals surface area contributed by atoms with Crippen molar-refractivity contribution < 1.29 is 4.74 Å². The summed E-state index contributed by atoms with van der Waals surface area (Å²) in [4.78, 5) is 2.52. The van der Waals surface area contributed by atoms with Crippen molar-refractivity contribution in [3.05, 3.63) is 29.3 Å². The highest BCUT2D eigenvalue weighted by atomic mass is 16.5. The van der Waals surface area contributed by atoms with Crippen LogP contribution in [0.1, 0.15) is 31.0 Å². The average molecular weight is 248 g/mol. The predicted octanol–water partition coefficient (Wildman–Crippen LogP) is 2.22. The molecule has 0 radical (unpaired) electrons. The Labute approximate surface area is 110 Å². The first-order chi connectivity index (χ1) is 8.76. The maximum Gasteiger partial charge on any atom is 0.123 e. The first-order valence-electron chi connectivity index (χ1n) is 6.87. The third-order valence-electron chi connectivity index (χ3n) is 3.85. The van der Waals surface area contributed by atoms with Gasteiger partial charge in [-0.1, -0.05) is 19.1 Å². The van der Waals surface area contributed by atoms with Gasteiger partial charge in [-0.3, -0.25) is 4.90 Å². The van der Waals surface area contributed by atoms with Crippen LogP contribution >= 0.6 is 0 Å². The van der Waals surface area contributed by atoms with Crippen molar-refractivity contribution in [1.82, 2.24) is 10.2 Å². The molecule has 100 valence electrons. The maximum absolute atomic E-state index is 5.51. The zero-order valence-corrected chi connectivity index (χ0v) is 11.7. The number of methoxy groups -OCH3 is 1. The molecule has 1 heterocycles. The number of piperazine rings is 1. The van der Waals surface area contributed by atoms with Gasteiger partial charge in [0.1, 0.15) is 5.75 Å². The maximum atomic E-state index is 5.51. The lowest BCUT2D eigenvalue weighted by atomic mass is 10.0. The van der Waals surface area contributed by atoms with E-state index in [2.05, 4.69) is 42.3 Å². The first-order valence-corrected chi connectivity index (χ1v) is 6.87. The number of rotatable bonds is 4. The van der Waals surface area contributed by atoms with E-state index in [1.54, 1.807) is 7.11 Å². The van der Waals surface area contributed by atoms with Crippen LogP contribution in [0.4, 0.5) is 0 Å². The molecular weight excluding hydrogens is 224 g/mol. The molecule has 1 aromatic carbocycles. The third kappa shape index (κ3) is 2.85. The predicted molar refractivity (Wildman–Crippen MR) is 75.2 cm³/mol. The molecule has 0 amide bonds. The van der Waals surface area contributed by atoms with Gasteiger partial charge in [0.25, 0.3) is 0 Å². The van der Waals surface area contributed by atoms with Crippen molar-refractivity contribution in [1.29, 1.82) is 0 Å². The van der Waals surface area contributed by atoms with Gasteiger partial charge in [0, 0.05) is 37.8 Å². The third-order valence-corrected chi connectivity index (χ3v) is 3.85. The molecule has 0 aliphatic carbocycles. The number of benzene rings is 1. The summed E-state index contributed by atoms with van der Waals surface area (Å²) in [6.45, 7) is 8.87. The second-order valence-electron chi connectivity index (χ2n) is 4.89. The van der Waals surface area contributed by atoms with Gasteiger partial charge in [0.15, 0.2) is 0 Å². The van der Waals surface area contributed by atoms with Crippen molar-refractivity contribution in [2.45, 2.75) is 26.3 Å². The first kappa shape index (κ1) is 13.4. The molecule has 1 aliphatic rings. The van der Waals surface area contributed by atoms with Crippen molar-refractivity contribution >= 4 is 0 Å². The van der Waals surface area contributed by atoms with Crippen molar-refractivity contribution in [2.24, 2.45) is 0 Å². The lowest BCUT2D eigenvalue weighted by Crippen LogP contribution is -2.44. The SMILES string of the molecule is CCc1ccc(OC)c(C(C)N2CCNCC2)c1. The fourth-order valence-corrected chi connectivity index (χ4v) is 2.60. The Kier molecular flexibility index (Phi) is 4.61. The summed E-state index contributed by atoms with van der Waals surface area (Å²) in [6.07, 6.45) is 1.07. The molecule has 18 heavy (non-hydrogen) atoms. The van der Waals surface area contributed by atoms with E-state index in [0.29, 0.717) is 6.04 Å². The summed E-state index contributed by atoms with van der Waals surface area (Å²) in [5.74, 6) is 1.01. The van der Waals surface area contributed by atoms with Gasteiger partial charge < -0.3 is 10.1 Å². The highest BCUT2D eigenvalue weighted by molar-refractivity contribution is 5.39. The summed E-state index contributed by atoms with van der Waals surface area (Å²) < 4.78 is 5.51. The minimum atomic E-state index is 0.425. The summed E-state index contributed by atoms with van der Waals surface area (Å²) in [7, 11) is 1.76. The lowest BCUT2D eigenvalue weighted by molar-refractivity contribution is 0.182. The summed E-state index contributed by atoms with van der Waals surface area (Å²) in [5.41, 5.74) is 2.70. The quantitative estimate of drug-likeness (QED) is 0.884. The number of aryl methyl sites for hydroxylation is 1. The Balaban J connectivity index is 2.23. The zero-order valence-electron chi connectivity index (χ0n) is 11.7. The van der Waals surface area contributed by atoms with Crippen LogP contribution in [0.5, 0.6) is 5.75 Å². The lowest BCUT2D eigenvalue weighted by Gasteiger charge is -2.33. The molecule has 1 N–H and O–H groups in total. The van der Waals surface area contributed by atoms with Gasteiger partial charge in [-0.05, 0) is 25.0 Å². The second kappa shape index (κ2) is 6.21. The van der Waals surface area contributed by atoms with Crippen LogP contribution < -0.4 is 10.1 Å². The molecule has 0 bridgehead atoms. The van der Waals surface area contributed by atoms with Crippen molar-refractivity contribution in [3.63, 3.8) is 0 Å². The number of ether oxygens (including phenoxy) is 1. The average Bonchev–Trinajstić information content (AvgIpc) is 2.46. The van der Waals surface area contributed by atoms with Crippen molar-refractivity contribution in [3.8, 4) is 5.75 Å². The van der Waals surface area contributed by atoms with Gasteiger partial charge >= 0.3 is 0 Å². The minimum absolute atomic E-state index is 0.425. The molecule has 1 aliphatic heterocycles. The van der Waals surface area contributed by atoms with E-state index in [-0.39, 0.29) is 0 Å². The molecule has 0 spiro atoms. The van der Waals surface area contributed by atoms with Crippen LogP contribution in [0.15, 0.2) is 18.2 Å². The summed E-state index contributed by atoms with van der Waals surface area (Å²) in [5, 5.41) is 3.40. The van der Waals surface area contributed by atoms with Crippen LogP contribution in [0.3, 0.4) is 0 Å². The van der Waals surface area contributed by atoms with Gasteiger partial charge in [0.2, 0.25) is 0 Å². The number of nitrogens with one attached hydrogen (secondary N) is 1. The number of hydrogen-bond donors (Lipinski definition) is 1. The Morgan fingerprint density at radius 2 is 2.06 bits per heavy atom. The van der Waals surface area contributed by atoms with Gasteiger partial charge in [-0.2, -0.15) is 0 Å². The van der Waals surface area contributed by atoms with E-state index in [9.17, 15) is 0 Å². The highest BCUT2D eigenvalue weighted by Gasteiger charge is 2.20. The monoisotopic (exact) mass is 248 g/mol. The Bertz CT molecular complexity index is 386. The molecule has 0 aromatic heterocycles. The van der Waals surface area contributed by atoms with E-state index in [4.69, 9.17) is 4.74 Å². The standard InChI is InChI=1S/C15H24N2O/c1-4-13-5-6-15(18-3)14(11-13)12(2)17-9-7-16-8-10-17/h5-6,11-12,16H,4,7-10H2,1-3H3. The second-order valence-corrected chi connectivity index (χ2v) is 4.89. The normalized spacial score (nSPS) is 18.6. The Morgan fingerprint density at radius 3 is 2.67 bits per heavy atom. The fraction of sp³-hybridized carbons (Fsp3) is 0.600. The van der Waals surface area contributed by atoms with Gasteiger partial charge in [-0.25, -0.2) is 0 Å². The molecule has 1 unspecified atom stereocenters. The van der Waals surface area contributed by atoms with Crippen LogP contribution in [0, 0.1) is 0 Å². The molecule has 1 aromatic rings. The smallest absolute Gasteiger partial charge is 0.123 e. The van der Waals surface area contributed by atoms with E-state index < -0.39 is 0 Å². The van der Waals surface area contributed by atoms with Crippen LogP contribution in [0.25, 0.3) is 0 Å². The summed E-state index contributed by atoms with van der Waals surface area (Å²) >= 11 is 0.